The Morgan fingerprint density at radius 1 is 1.17 bits per heavy atom. The second-order valence-electron chi connectivity index (χ2n) is 7.98. The first kappa shape index (κ1) is 18.6. The maximum Gasteiger partial charge on any atom is 0.259 e. The van der Waals surface area contributed by atoms with E-state index in [1.54, 1.807) is 6.92 Å². The first-order valence-corrected chi connectivity index (χ1v) is 10.4. The third-order valence-corrected chi connectivity index (χ3v) is 6.07. The number of amides is 1. The number of fused-ring (bicyclic) bond motifs is 1. The number of hydrogen-bond donors (Lipinski definition) is 1. The summed E-state index contributed by atoms with van der Waals surface area (Å²) in [6, 6.07) is 12.5. The molecule has 1 unspecified atom stereocenters. The number of aryl methyl sites for hydroxylation is 2. The van der Waals surface area contributed by atoms with E-state index in [2.05, 4.69) is 45.5 Å². The van der Waals surface area contributed by atoms with E-state index in [1.165, 1.54) is 16.6 Å². The number of pyridine rings is 1. The molecule has 1 aliphatic rings. The van der Waals surface area contributed by atoms with Crippen LogP contribution in [0.4, 0.5) is 0 Å². The minimum Gasteiger partial charge on any atom is -0.361 e. The molecule has 1 saturated heterocycles. The van der Waals surface area contributed by atoms with Crippen molar-refractivity contribution in [3.8, 4) is 11.1 Å². The lowest BCUT2D eigenvalue weighted by atomic mass is 9.89. The van der Waals surface area contributed by atoms with E-state index in [9.17, 15) is 4.79 Å². The van der Waals surface area contributed by atoms with Crippen molar-refractivity contribution in [2.45, 2.75) is 32.6 Å². The Balaban J connectivity index is 1.54. The largest absolute Gasteiger partial charge is 0.361 e. The van der Waals surface area contributed by atoms with Gasteiger partial charge in [-0.3, -0.25) is 9.78 Å². The zero-order chi connectivity index (χ0) is 20.7. The van der Waals surface area contributed by atoms with Crippen molar-refractivity contribution in [3.63, 3.8) is 0 Å². The summed E-state index contributed by atoms with van der Waals surface area (Å²) in [4.78, 5) is 23.0. The van der Waals surface area contributed by atoms with Crippen molar-refractivity contribution < 1.29 is 9.32 Å². The summed E-state index contributed by atoms with van der Waals surface area (Å²) < 4.78 is 5.23. The van der Waals surface area contributed by atoms with Crippen LogP contribution in [-0.4, -0.2) is 39.0 Å². The van der Waals surface area contributed by atoms with Gasteiger partial charge in [-0.05, 0) is 50.5 Å². The lowest BCUT2D eigenvalue weighted by Gasteiger charge is -2.33. The Kier molecular flexibility index (Phi) is 4.62. The molecule has 4 aromatic rings. The second-order valence-corrected chi connectivity index (χ2v) is 7.98. The summed E-state index contributed by atoms with van der Waals surface area (Å²) in [5.41, 5.74) is 5.92. The molecule has 0 aliphatic carbocycles. The number of nitrogens with one attached hydrogen (secondary N) is 1. The van der Waals surface area contributed by atoms with Gasteiger partial charge in [0.2, 0.25) is 0 Å². The van der Waals surface area contributed by atoms with Crippen LogP contribution < -0.4 is 0 Å². The van der Waals surface area contributed by atoms with Crippen molar-refractivity contribution in [1.29, 1.82) is 0 Å². The highest BCUT2D eigenvalue weighted by molar-refractivity contribution is 5.98. The van der Waals surface area contributed by atoms with Gasteiger partial charge in [-0.25, -0.2) is 0 Å². The molecule has 1 fully saturated rings. The van der Waals surface area contributed by atoms with Crippen molar-refractivity contribution in [2.75, 3.05) is 13.1 Å². The lowest BCUT2D eigenvalue weighted by molar-refractivity contribution is 0.0704. The van der Waals surface area contributed by atoms with E-state index in [4.69, 9.17) is 4.52 Å². The Labute approximate surface area is 174 Å². The van der Waals surface area contributed by atoms with Gasteiger partial charge >= 0.3 is 0 Å². The number of carbonyl (C=O) groups is 1. The summed E-state index contributed by atoms with van der Waals surface area (Å²) in [5, 5.41) is 5.16. The smallest absolute Gasteiger partial charge is 0.259 e. The molecule has 1 aliphatic heterocycles. The molecule has 1 amide bonds. The van der Waals surface area contributed by atoms with Gasteiger partial charge in [-0.1, -0.05) is 23.4 Å². The van der Waals surface area contributed by atoms with E-state index < -0.39 is 0 Å². The molecule has 0 radical (unpaired) electrons. The highest BCUT2D eigenvalue weighted by Crippen LogP contribution is 2.39. The summed E-state index contributed by atoms with van der Waals surface area (Å²) in [5.74, 6) is 0.832. The minimum atomic E-state index is 0.0116. The molecule has 30 heavy (non-hydrogen) atoms. The average Bonchev–Trinajstić information content (AvgIpc) is 3.34. The maximum atomic E-state index is 13.2. The predicted octanol–water partition coefficient (Wildman–Crippen LogP) is 4.85. The first-order valence-electron chi connectivity index (χ1n) is 10.4. The van der Waals surface area contributed by atoms with Gasteiger partial charge in [0.1, 0.15) is 11.3 Å². The number of likely N-dealkylation sites (tertiary alicyclic amines) is 1. The molecule has 1 atom stereocenters. The van der Waals surface area contributed by atoms with Crippen LogP contribution in [0.25, 0.3) is 22.0 Å². The zero-order valence-corrected chi connectivity index (χ0v) is 17.2. The van der Waals surface area contributed by atoms with Crippen molar-refractivity contribution in [2.24, 2.45) is 0 Å². The third-order valence-electron chi connectivity index (χ3n) is 6.07. The highest BCUT2D eigenvalue weighted by Gasteiger charge is 2.31. The fourth-order valence-corrected chi connectivity index (χ4v) is 4.64. The van der Waals surface area contributed by atoms with Crippen LogP contribution in [0.1, 0.15) is 46.3 Å². The molecule has 0 saturated carbocycles. The second kappa shape index (κ2) is 7.44. The molecule has 0 bridgehead atoms. The highest BCUT2D eigenvalue weighted by atomic mass is 16.5. The molecule has 4 heterocycles. The van der Waals surface area contributed by atoms with E-state index in [0.717, 1.165) is 30.5 Å². The van der Waals surface area contributed by atoms with Crippen molar-refractivity contribution in [1.82, 2.24) is 20.0 Å². The number of benzene rings is 1. The number of hydrogen-bond acceptors (Lipinski definition) is 4. The number of carbonyl (C=O) groups excluding carboxylic acids is 1. The monoisotopic (exact) mass is 400 g/mol. The van der Waals surface area contributed by atoms with Crippen LogP contribution >= 0.6 is 0 Å². The van der Waals surface area contributed by atoms with Crippen LogP contribution in [0.15, 0.2) is 53.3 Å². The van der Waals surface area contributed by atoms with Gasteiger partial charge in [-0.15, -0.1) is 0 Å². The molecular formula is C24H24N4O2. The maximum absolute atomic E-state index is 13.2. The number of aromatic amines is 1. The van der Waals surface area contributed by atoms with Crippen LogP contribution in [0.3, 0.4) is 0 Å². The van der Waals surface area contributed by atoms with Gasteiger partial charge in [-0.2, -0.15) is 0 Å². The lowest BCUT2D eigenvalue weighted by Crippen LogP contribution is -2.39. The van der Waals surface area contributed by atoms with Crippen molar-refractivity contribution in [3.05, 3.63) is 71.5 Å². The topological polar surface area (TPSA) is 75.0 Å². The zero-order valence-electron chi connectivity index (χ0n) is 17.2. The summed E-state index contributed by atoms with van der Waals surface area (Å²) in [6.45, 7) is 5.05. The van der Waals surface area contributed by atoms with E-state index in [0.29, 0.717) is 23.6 Å². The number of para-hydroxylation sites is 1. The standard InChI is InChI=1S/C24H24N4O2/c1-15-21(16(2)30-27-15)24(29)28-13-5-6-18(14-28)23-22(17-9-11-25-12-10-17)19-7-3-4-8-20(19)26-23/h3-4,7-12,18,26H,5-6,13-14H2,1-2H3. The predicted molar refractivity (Wildman–Crippen MR) is 115 cm³/mol. The summed E-state index contributed by atoms with van der Waals surface area (Å²) in [7, 11) is 0. The van der Waals surface area contributed by atoms with Crippen LogP contribution in [0, 0.1) is 13.8 Å². The normalized spacial score (nSPS) is 16.9. The Hall–Kier alpha value is -3.41. The molecule has 5 rings (SSSR count). The van der Waals surface area contributed by atoms with Gasteiger partial charge in [0, 0.05) is 53.6 Å². The minimum absolute atomic E-state index is 0.0116. The number of aromatic nitrogens is 3. The van der Waals surface area contributed by atoms with Crippen LogP contribution in [-0.2, 0) is 0 Å². The van der Waals surface area contributed by atoms with E-state index in [-0.39, 0.29) is 11.8 Å². The molecular weight excluding hydrogens is 376 g/mol. The fourth-order valence-electron chi connectivity index (χ4n) is 4.64. The molecule has 1 N–H and O–H groups in total. The number of H-pyrrole nitrogens is 1. The van der Waals surface area contributed by atoms with Crippen molar-refractivity contribution >= 4 is 16.8 Å². The Morgan fingerprint density at radius 3 is 2.73 bits per heavy atom. The van der Waals surface area contributed by atoms with E-state index >= 15 is 0 Å². The molecule has 152 valence electrons. The molecule has 6 nitrogen and oxygen atoms in total. The van der Waals surface area contributed by atoms with Crippen LogP contribution in [0.2, 0.25) is 0 Å². The Bertz CT molecular complexity index is 1190. The molecule has 3 aromatic heterocycles. The van der Waals surface area contributed by atoms with Gasteiger partial charge in [0.15, 0.2) is 0 Å². The fraction of sp³-hybridized carbons (Fsp3) is 0.292. The molecule has 6 heteroatoms. The SMILES string of the molecule is Cc1noc(C)c1C(=O)N1CCCC(c2[nH]c3ccccc3c2-c2ccncc2)C1. The quantitative estimate of drug-likeness (QED) is 0.533. The van der Waals surface area contributed by atoms with Crippen LogP contribution in [0.5, 0.6) is 0 Å². The summed E-state index contributed by atoms with van der Waals surface area (Å²) >= 11 is 0. The van der Waals surface area contributed by atoms with Gasteiger partial charge < -0.3 is 14.4 Å². The van der Waals surface area contributed by atoms with Gasteiger partial charge in [0.25, 0.3) is 5.91 Å². The molecule has 1 aromatic carbocycles. The third kappa shape index (κ3) is 3.09. The number of nitrogens with zero attached hydrogens (tertiary/aromatic N) is 3. The first-order chi connectivity index (χ1) is 14.6. The summed E-state index contributed by atoms with van der Waals surface area (Å²) in [6.07, 6.45) is 5.66. The van der Waals surface area contributed by atoms with Gasteiger partial charge in [0.05, 0.1) is 5.69 Å². The number of rotatable bonds is 3. The number of piperidine rings is 1. The van der Waals surface area contributed by atoms with E-state index in [1.807, 2.05) is 30.3 Å². The molecule has 0 spiro atoms. The average molecular weight is 400 g/mol. The Morgan fingerprint density at radius 2 is 1.97 bits per heavy atom.